The van der Waals surface area contributed by atoms with Gasteiger partial charge in [-0.2, -0.15) is 0 Å². The van der Waals surface area contributed by atoms with Crippen molar-refractivity contribution in [1.82, 2.24) is 10.2 Å². The van der Waals surface area contributed by atoms with E-state index in [9.17, 15) is 0 Å². The van der Waals surface area contributed by atoms with Gasteiger partial charge >= 0.3 is 0 Å². The highest BCUT2D eigenvalue weighted by atomic mass is 35.5. The summed E-state index contributed by atoms with van der Waals surface area (Å²) in [7, 11) is 0. The fourth-order valence-electron chi connectivity index (χ4n) is 3.35. The van der Waals surface area contributed by atoms with Gasteiger partial charge in [0, 0.05) is 17.1 Å². The summed E-state index contributed by atoms with van der Waals surface area (Å²) in [4.78, 5) is 2.50. The number of benzene rings is 1. The van der Waals surface area contributed by atoms with Gasteiger partial charge in [-0.15, -0.1) is 0 Å². The molecule has 0 radical (unpaired) electrons. The van der Waals surface area contributed by atoms with Gasteiger partial charge in [-0.05, 0) is 75.5 Å². The first kappa shape index (κ1) is 16.8. The number of halogens is 1. The molecule has 1 aliphatic carbocycles. The molecule has 0 saturated carbocycles. The first-order valence-electron chi connectivity index (χ1n) is 8.40. The molecule has 0 heterocycles. The standard InChI is InChI=1S/C18H29ClN2/c1-4-21(5-2)12-6-7-14(3)20-18-11-8-15-13-16(19)9-10-17(15)18/h9-10,13-14,18,20H,4-8,11-12H2,1-3H3. The molecule has 21 heavy (non-hydrogen) atoms. The number of hydrogen-bond donors (Lipinski definition) is 1. The Morgan fingerprint density at radius 2 is 2.10 bits per heavy atom. The Morgan fingerprint density at radius 1 is 1.33 bits per heavy atom. The summed E-state index contributed by atoms with van der Waals surface area (Å²) in [5, 5.41) is 4.67. The zero-order valence-corrected chi connectivity index (χ0v) is 14.4. The van der Waals surface area contributed by atoms with Gasteiger partial charge in [-0.3, -0.25) is 0 Å². The molecule has 1 aromatic rings. The van der Waals surface area contributed by atoms with Gasteiger partial charge < -0.3 is 10.2 Å². The van der Waals surface area contributed by atoms with Gasteiger partial charge in [0.1, 0.15) is 0 Å². The average Bonchev–Trinajstić information content (AvgIpc) is 2.85. The average molecular weight is 309 g/mol. The highest BCUT2D eigenvalue weighted by molar-refractivity contribution is 6.30. The lowest BCUT2D eigenvalue weighted by Gasteiger charge is -2.22. The fraction of sp³-hybridized carbons (Fsp3) is 0.667. The zero-order valence-electron chi connectivity index (χ0n) is 13.7. The van der Waals surface area contributed by atoms with Crippen LogP contribution in [0.3, 0.4) is 0 Å². The van der Waals surface area contributed by atoms with Crippen LogP contribution in [-0.2, 0) is 6.42 Å². The molecule has 0 aliphatic heterocycles. The van der Waals surface area contributed by atoms with E-state index in [-0.39, 0.29) is 0 Å². The molecule has 1 N–H and O–H groups in total. The van der Waals surface area contributed by atoms with Crippen LogP contribution in [0.5, 0.6) is 0 Å². The van der Waals surface area contributed by atoms with E-state index in [4.69, 9.17) is 11.6 Å². The Balaban J connectivity index is 1.78. The van der Waals surface area contributed by atoms with Crippen molar-refractivity contribution in [1.29, 1.82) is 0 Å². The van der Waals surface area contributed by atoms with Crippen LogP contribution in [0.4, 0.5) is 0 Å². The van der Waals surface area contributed by atoms with Gasteiger partial charge in [0.05, 0.1) is 0 Å². The van der Waals surface area contributed by atoms with E-state index in [1.54, 1.807) is 0 Å². The molecule has 118 valence electrons. The second kappa shape index (κ2) is 8.17. The topological polar surface area (TPSA) is 15.3 Å². The van der Waals surface area contributed by atoms with Gasteiger partial charge in [0.2, 0.25) is 0 Å². The number of aryl methyl sites for hydroxylation is 1. The van der Waals surface area contributed by atoms with Gasteiger partial charge in [-0.1, -0.05) is 31.5 Å². The molecular weight excluding hydrogens is 280 g/mol. The highest BCUT2D eigenvalue weighted by Crippen LogP contribution is 2.33. The Bertz CT molecular complexity index is 443. The van der Waals surface area contributed by atoms with Crippen molar-refractivity contribution in [3.63, 3.8) is 0 Å². The molecule has 1 aromatic carbocycles. The lowest BCUT2D eigenvalue weighted by atomic mass is 10.1. The second-order valence-electron chi connectivity index (χ2n) is 6.17. The van der Waals surface area contributed by atoms with Crippen LogP contribution >= 0.6 is 11.6 Å². The van der Waals surface area contributed by atoms with Crippen LogP contribution in [0.25, 0.3) is 0 Å². The van der Waals surface area contributed by atoms with Gasteiger partial charge in [0.15, 0.2) is 0 Å². The highest BCUT2D eigenvalue weighted by Gasteiger charge is 2.23. The number of nitrogens with one attached hydrogen (secondary N) is 1. The van der Waals surface area contributed by atoms with Crippen LogP contribution in [0.1, 0.15) is 57.2 Å². The van der Waals surface area contributed by atoms with Crippen molar-refractivity contribution in [3.8, 4) is 0 Å². The molecule has 2 nitrogen and oxygen atoms in total. The summed E-state index contributed by atoms with van der Waals surface area (Å²) in [6.45, 7) is 10.3. The summed E-state index contributed by atoms with van der Waals surface area (Å²) in [5.74, 6) is 0. The summed E-state index contributed by atoms with van der Waals surface area (Å²) < 4.78 is 0. The van der Waals surface area contributed by atoms with Crippen molar-refractivity contribution in [3.05, 3.63) is 34.3 Å². The minimum Gasteiger partial charge on any atom is -0.307 e. The molecule has 0 aromatic heterocycles. The van der Waals surface area contributed by atoms with Crippen molar-refractivity contribution in [2.24, 2.45) is 0 Å². The number of hydrogen-bond acceptors (Lipinski definition) is 2. The Labute approximate surface area is 134 Å². The molecule has 0 saturated heterocycles. The molecular formula is C18H29ClN2. The molecule has 2 unspecified atom stereocenters. The Kier molecular flexibility index (Phi) is 6.53. The first-order valence-corrected chi connectivity index (χ1v) is 8.78. The van der Waals surface area contributed by atoms with Gasteiger partial charge in [0.25, 0.3) is 0 Å². The molecule has 3 heteroatoms. The van der Waals surface area contributed by atoms with Crippen molar-refractivity contribution in [2.75, 3.05) is 19.6 Å². The second-order valence-corrected chi connectivity index (χ2v) is 6.61. The lowest BCUT2D eigenvalue weighted by Crippen LogP contribution is -2.31. The summed E-state index contributed by atoms with van der Waals surface area (Å²) >= 11 is 6.08. The van der Waals surface area contributed by atoms with Crippen LogP contribution < -0.4 is 5.32 Å². The largest absolute Gasteiger partial charge is 0.307 e. The molecule has 0 spiro atoms. The fourth-order valence-corrected chi connectivity index (χ4v) is 3.54. The zero-order chi connectivity index (χ0) is 15.2. The number of rotatable bonds is 8. The SMILES string of the molecule is CCN(CC)CCCC(C)NC1CCc2cc(Cl)ccc21. The smallest absolute Gasteiger partial charge is 0.0408 e. The monoisotopic (exact) mass is 308 g/mol. The van der Waals surface area contributed by atoms with Gasteiger partial charge in [-0.25, -0.2) is 0 Å². The maximum atomic E-state index is 6.08. The number of nitrogens with zero attached hydrogens (tertiary/aromatic N) is 1. The van der Waals surface area contributed by atoms with Crippen LogP contribution in [0, 0.1) is 0 Å². The third-order valence-electron chi connectivity index (χ3n) is 4.67. The lowest BCUT2D eigenvalue weighted by molar-refractivity contribution is 0.288. The van der Waals surface area contributed by atoms with Crippen LogP contribution in [0.15, 0.2) is 18.2 Å². The van der Waals surface area contributed by atoms with Crippen LogP contribution in [-0.4, -0.2) is 30.6 Å². The van der Waals surface area contributed by atoms with E-state index >= 15 is 0 Å². The molecule has 0 bridgehead atoms. The van der Waals surface area contributed by atoms with E-state index in [2.05, 4.69) is 43.1 Å². The summed E-state index contributed by atoms with van der Waals surface area (Å²) in [6.07, 6.45) is 4.88. The quantitative estimate of drug-likeness (QED) is 0.764. The maximum absolute atomic E-state index is 6.08. The van der Waals surface area contributed by atoms with Crippen molar-refractivity contribution in [2.45, 2.75) is 58.5 Å². The van der Waals surface area contributed by atoms with Crippen molar-refractivity contribution < 1.29 is 0 Å². The number of fused-ring (bicyclic) bond motifs is 1. The Morgan fingerprint density at radius 3 is 2.81 bits per heavy atom. The first-order chi connectivity index (χ1) is 10.1. The predicted octanol–water partition coefficient (Wildman–Crippen LogP) is 4.43. The van der Waals surface area contributed by atoms with E-state index in [0.29, 0.717) is 12.1 Å². The Hall–Kier alpha value is -0.570. The van der Waals surface area contributed by atoms with E-state index in [1.807, 2.05) is 6.07 Å². The summed E-state index contributed by atoms with van der Waals surface area (Å²) in [6, 6.07) is 7.44. The van der Waals surface area contributed by atoms with E-state index in [1.165, 1.54) is 36.9 Å². The molecule has 1 aliphatic rings. The van der Waals surface area contributed by atoms with E-state index < -0.39 is 0 Å². The minimum atomic E-state index is 0.515. The maximum Gasteiger partial charge on any atom is 0.0408 e. The minimum absolute atomic E-state index is 0.515. The normalized spacial score (nSPS) is 19.0. The van der Waals surface area contributed by atoms with E-state index in [0.717, 1.165) is 24.5 Å². The molecule has 0 amide bonds. The molecule has 0 fully saturated rings. The molecule has 2 rings (SSSR count). The van der Waals surface area contributed by atoms with Crippen LogP contribution in [0.2, 0.25) is 5.02 Å². The predicted molar refractivity (Wildman–Crippen MR) is 92.1 cm³/mol. The van der Waals surface area contributed by atoms with Crippen molar-refractivity contribution >= 4 is 11.6 Å². The molecule has 2 atom stereocenters. The third-order valence-corrected chi connectivity index (χ3v) is 4.91. The third kappa shape index (κ3) is 4.70. The summed E-state index contributed by atoms with van der Waals surface area (Å²) in [5.41, 5.74) is 2.88.